The summed E-state index contributed by atoms with van der Waals surface area (Å²) in [4.78, 5) is 12.2. The van der Waals surface area contributed by atoms with Crippen LogP contribution in [0.4, 0.5) is 0 Å². The van der Waals surface area contributed by atoms with Gasteiger partial charge in [0, 0.05) is 0 Å². The van der Waals surface area contributed by atoms with Gasteiger partial charge < -0.3 is 0 Å². The summed E-state index contributed by atoms with van der Waals surface area (Å²) in [5, 5.41) is 0.948. The minimum absolute atomic E-state index is 0.227. The van der Waals surface area contributed by atoms with Gasteiger partial charge in [-0.05, 0) is 0 Å². The van der Waals surface area contributed by atoms with E-state index in [1.54, 1.807) is 0 Å². The second-order valence-electron chi connectivity index (χ2n) is 4.96. The summed E-state index contributed by atoms with van der Waals surface area (Å²) in [6.07, 6.45) is 6.72. The van der Waals surface area contributed by atoms with Crippen molar-refractivity contribution in [3.05, 3.63) is 34.6 Å². The van der Waals surface area contributed by atoms with Crippen LogP contribution in [0.2, 0.25) is 0 Å². The molecule has 1 saturated carbocycles. The summed E-state index contributed by atoms with van der Waals surface area (Å²) in [5.74, 6) is 0.754. The monoisotopic (exact) mass is 295 g/mol. The van der Waals surface area contributed by atoms with Crippen LogP contribution >= 0.6 is 0 Å². The number of rotatable bonds is 2. The Balaban J connectivity index is 1.89. The van der Waals surface area contributed by atoms with Gasteiger partial charge in [-0.3, -0.25) is 0 Å². The van der Waals surface area contributed by atoms with Crippen LogP contribution in [0.3, 0.4) is 0 Å². The summed E-state index contributed by atoms with van der Waals surface area (Å²) >= 11 is 0.227. The standard InChI is InChI=1S/C14H17NOSe/c16-14-12-8-4-5-9-13(12)17-15(14)10-11-6-2-1-3-7-11/h4-5,8-9,11H,1-3,6-7,10H2. The van der Waals surface area contributed by atoms with Crippen LogP contribution in [0, 0.1) is 5.92 Å². The van der Waals surface area contributed by atoms with Crippen LogP contribution in [0.25, 0.3) is 9.65 Å². The van der Waals surface area contributed by atoms with Gasteiger partial charge in [0.05, 0.1) is 0 Å². The normalized spacial score (nSPS) is 17.6. The third-order valence-electron chi connectivity index (χ3n) is 3.70. The van der Waals surface area contributed by atoms with Gasteiger partial charge in [-0.2, -0.15) is 0 Å². The summed E-state index contributed by atoms with van der Waals surface area (Å²) in [6.45, 7) is 0.994. The van der Waals surface area contributed by atoms with Crippen LogP contribution in [-0.2, 0) is 6.54 Å². The second-order valence-corrected chi connectivity index (χ2v) is 7.19. The first kappa shape index (κ1) is 11.3. The molecular formula is C14H17NOSe. The van der Waals surface area contributed by atoms with Crippen molar-refractivity contribution in [3.63, 3.8) is 0 Å². The van der Waals surface area contributed by atoms with E-state index in [1.807, 2.05) is 18.2 Å². The van der Waals surface area contributed by atoms with Gasteiger partial charge in [0.25, 0.3) is 0 Å². The number of fused-ring (bicyclic) bond motifs is 1. The van der Waals surface area contributed by atoms with E-state index in [1.165, 1.54) is 36.4 Å². The van der Waals surface area contributed by atoms with E-state index in [0.29, 0.717) is 0 Å². The molecular weight excluding hydrogens is 277 g/mol. The fourth-order valence-corrected chi connectivity index (χ4v) is 5.04. The number of hydrogen-bond donors (Lipinski definition) is 0. The van der Waals surface area contributed by atoms with E-state index in [4.69, 9.17) is 0 Å². The van der Waals surface area contributed by atoms with E-state index in [9.17, 15) is 4.79 Å². The van der Waals surface area contributed by atoms with Crippen molar-refractivity contribution >= 4 is 24.4 Å². The Kier molecular flexibility index (Phi) is 3.21. The molecule has 3 heteroatoms. The molecule has 0 amide bonds. The Morgan fingerprint density at radius 1 is 1.18 bits per heavy atom. The Hall–Kier alpha value is -0.791. The topological polar surface area (TPSA) is 22.0 Å². The summed E-state index contributed by atoms with van der Waals surface area (Å²) in [6, 6.07) is 8.09. The predicted molar refractivity (Wildman–Crippen MR) is 71.7 cm³/mol. The molecule has 0 saturated heterocycles. The van der Waals surface area contributed by atoms with Crippen molar-refractivity contribution in [1.29, 1.82) is 0 Å². The van der Waals surface area contributed by atoms with Gasteiger partial charge >= 0.3 is 107 Å². The fraction of sp³-hybridized carbons (Fsp3) is 0.500. The molecule has 1 aromatic heterocycles. The molecule has 0 atom stereocenters. The maximum atomic E-state index is 12.2. The minimum atomic E-state index is 0.227. The molecule has 0 aliphatic heterocycles. The molecule has 0 bridgehead atoms. The molecule has 1 fully saturated rings. The Bertz CT molecular complexity index is 563. The van der Waals surface area contributed by atoms with E-state index in [2.05, 4.69) is 9.63 Å². The van der Waals surface area contributed by atoms with Crippen molar-refractivity contribution in [1.82, 2.24) is 3.56 Å². The number of hydrogen-bond acceptors (Lipinski definition) is 1. The van der Waals surface area contributed by atoms with Crippen molar-refractivity contribution in [2.75, 3.05) is 0 Å². The third kappa shape index (κ3) is 2.27. The van der Waals surface area contributed by atoms with Gasteiger partial charge in [-0.1, -0.05) is 0 Å². The van der Waals surface area contributed by atoms with Crippen LogP contribution in [-0.4, -0.2) is 18.3 Å². The van der Waals surface area contributed by atoms with Crippen molar-refractivity contribution in [2.45, 2.75) is 38.6 Å². The van der Waals surface area contributed by atoms with Gasteiger partial charge in [-0.15, -0.1) is 0 Å². The zero-order valence-electron chi connectivity index (χ0n) is 9.89. The fourth-order valence-electron chi connectivity index (χ4n) is 2.74. The third-order valence-corrected chi connectivity index (χ3v) is 5.98. The first-order valence-corrected chi connectivity index (χ1v) is 8.06. The molecule has 1 aliphatic rings. The Morgan fingerprint density at radius 3 is 2.71 bits per heavy atom. The first-order chi connectivity index (χ1) is 8.34. The van der Waals surface area contributed by atoms with E-state index < -0.39 is 0 Å². The molecule has 2 nitrogen and oxygen atoms in total. The summed E-state index contributed by atoms with van der Waals surface area (Å²) < 4.78 is 3.37. The average molecular weight is 294 g/mol. The van der Waals surface area contributed by atoms with Crippen molar-refractivity contribution in [2.24, 2.45) is 5.92 Å². The number of benzene rings is 1. The van der Waals surface area contributed by atoms with Gasteiger partial charge in [0.15, 0.2) is 0 Å². The Labute approximate surface area is 107 Å². The van der Waals surface area contributed by atoms with Gasteiger partial charge in [0.2, 0.25) is 0 Å². The maximum absolute atomic E-state index is 12.2. The van der Waals surface area contributed by atoms with Crippen LogP contribution in [0.5, 0.6) is 0 Å². The molecule has 0 spiro atoms. The molecule has 2 aromatic rings. The second kappa shape index (κ2) is 4.83. The summed E-state index contributed by atoms with van der Waals surface area (Å²) in [5.41, 5.74) is 0.270. The van der Waals surface area contributed by atoms with E-state index in [0.717, 1.165) is 17.8 Å². The van der Waals surface area contributed by atoms with Crippen molar-refractivity contribution < 1.29 is 0 Å². The molecule has 1 aromatic carbocycles. The number of aromatic nitrogens is 1. The molecule has 1 heterocycles. The molecule has 17 heavy (non-hydrogen) atoms. The molecule has 3 rings (SSSR count). The zero-order valence-corrected chi connectivity index (χ0v) is 11.6. The molecule has 0 N–H and O–H groups in total. The quantitative estimate of drug-likeness (QED) is 0.781. The van der Waals surface area contributed by atoms with Gasteiger partial charge in [0.1, 0.15) is 0 Å². The molecule has 1 aliphatic carbocycles. The van der Waals surface area contributed by atoms with E-state index >= 15 is 0 Å². The zero-order chi connectivity index (χ0) is 11.7. The average Bonchev–Trinajstić information content (AvgIpc) is 2.68. The summed E-state index contributed by atoms with van der Waals surface area (Å²) in [7, 11) is 0. The SMILES string of the molecule is O=c1c2ccccc2[se]n1CC1CCCCC1. The molecule has 0 radical (unpaired) electrons. The van der Waals surface area contributed by atoms with Crippen LogP contribution in [0.15, 0.2) is 29.1 Å². The molecule has 0 unspecified atom stereocenters. The van der Waals surface area contributed by atoms with Crippen LogP contribution in [0.1, 0.15) is 32.1 Å². The van der Waals surface area contributed by atoms with Gasteiger partial charge in [-0.25, -0.2) is 0 Å². The Morgan fingerprint density at radius 2 is 1.94 bits per heavy atom. The van der Waals surface area contributed by atoms with Crippen molar-refractivity contribution in [3.8, 4) is 0 Å². The first-order valence-electron chi connectivity index (χ1n) is 6.43. The number of nitrogens with zero attached hydrogens (tertiary/aromatic N) is 1. The predicted octanol–water partition coefficient (Wildman–Crippen LogP) is 2.64. The van der Waals surface area contributed by atoms with Crippen LogP contribution < -0.4 is 5.56 Å². The van der Waals surface area contributed by atoms with E-state index in [-0.39, 0.29) is 20.3 Å². The molecule has 90 valence electrons.